The standard InChI is InChI=1S/C8H8FNO/c1-2-7-3-6(9)4-8(5-11)10-7/h3-5H,2H2,1H3. The Bertz CT molecular complexity index is 273. The van der Waals surface area contributed by atoms with Gasteiger partial charge in [-0.1, -0.05) is 6.92 Å². The minimum Gasteiger partial charge on any atom is -0.296 e. The van der Waals surface area contributed by atoms with Gasteiger partial charge in [0.15, 0.2) is 6.29 Å². The summed E-state index contributed by atoms with van der Waals surface area (Å²) in [5, 5.41) is 0. The highest BCUT2D eigenvalue weighted by molar-refractivity contribution is 5.71. The maximum atomic E-state index is 12.6. The molecule has 58 valence electrons. The van der Waals surface area contributed by atoms with Crippen molar-refractivity contribution in [2.75, 3.05) is 0 Å². The number of rotatable bonds is 2. The first kappa shape index (κ1) is 7.85. The number of aromatic nitrogens is 1. The first-order valence-corrected chi connectivity index (χ1v) is 3.38. The molecule has 1 aromatic rings. The third-order valence-corrected chi connectivity index (χ3v) is 1.35. The molecule has 0 fully saturated rings. The molecule has 11 heavy (non-hydrogen) atoms. The number of aryl methyl sites for hydroxylation is 1. The van der Waals surface area contributed by atoms with Crippen molar-refractivity contribution < 1.29 is 9.18 Å². The summed E-state index contributed by atoms with van der Waals surface area (Å²) < 4.78 is 12.6. The van der Waals surface area contributed by atoms with Crippen molar-refractivity contribution in [3.8, 4) is 0 Å². The summed E-state index contributed by atoms with van der Waals surface area (Å²) in [7, 11) is 0. The van der Waals surface area contributed by atoms with Crippen molar-refractivity contribution >= 4 is 6.29 Å². The fourth-order valence-corrected chi connectivity index (χ4v) is 0.814. The lowest BCUT2D eigenvalue weighted by molar-refractivity contribution is 0.111. The van der Waals surface area contributed by atoms with Gasteiger partial charge in [-0.2, -0.15) is 0 Å². The Morgan fingerprint density at radius 2 is 2.36 bits per heavy atom. The summed E-state index contributed by atoms with van der Waals surface area (Å²) in [6.07, 6.45) is 1.18. The highest BCUT2D eigenvalue weighted by atomic mass is 19.1. The van der Waals surface area contributed by atoms with Gasteiger partial charge >= 0.3 is 0 Å². The summed E-state index contributed by atoms with van der Waals surface area (Å²) in [6, 6.07) is 2.44. The Balaban J connectivity index is 3.11. The van der Waals surface area contributed by atoms with Gasteiger partial charge in [-0.3, -0.25) is 4.79 Å². The average molecular weight is 153 g/mol. The van der Waals surface area contributed by atoms with Crippen LogP contribution in [0.15, 0.2) is 12.1 Å². The number of carbonyl (C=O) groups excluding carboxylic acids is 1. The van der Waals surface area contributed by atoms with Crippen molar-refractivity contribution in [2.45, 2.75) is 13.3 Å². The third-order valence-electron chi connectivity index (χ3n) is 1.35. The molecule has 3 heteroatoms. The molecule has 2 nitrogen and oxygen atoms in total. The predicted molar refractivity (Wildman–Crippen MR) is 39.0 cm³/mol. The van der Waals surface area contributed by atoms with Crippen LogP contribution in [0.1, 0.15) is 23.1 Å². The van der Waals surface area contributed by atoms with Gasteiger partial charge in [-0.25, -0.2) is 9.37 Å². The van der Waals surface area contributed by atoms with Crippen LogP contribution in [0.3, 0.4) is 0 Å². The van der Waals surface area contributed by atoms with Gasteiger partial charge in [0, 0.05) is 11.8 Å². The number of nitrogens with zero attached hydrogens (tertiary/aromatic N) is 1. The molecule has 0 bridgehead atoms. The number of hydrogen-bond donors (Lipinski definition) is 0. The second-order valence-electron chi connectivity index (χ2n) is 2.17. The van der Waals surface area contributed by atoms with Crippen molar-refractivity contribution in [2.24, 2.45) is 0 Å². The van der Waals surface area contributed by atoms with E-state index in [1.54, 1.807) is 0 Å². The summed E-state index contributed by atoms with van der Waals surface area (Å²) in [5.74, 6) is -0.404. The largest absolute Gasteiger partial charge is 0.296 e. The Kier molecular flexibility index (Phi) is 2.31. The molecule has 0 aromatic carbocycles. The van der Waals surface area contributed by atoms with Gasteiger partial charge in [-0.15, -0.1) is 0 Å². The van der Waals surface area contributed by atoms with E-state index in [1.165, 1.54) is 6.07 Å². The number of pyridine rings is 1. The molecule has 0 saturated carbocycles. The molecule has 0 unspecified atom stereocenters. The monoisotopic (exact) mass is 153 g/mol. The van der Waals surface area contributed by atoms with Crippen LogP contribution >= 0.6 is 0 Å². The zero-order valence-corrected chi connectivity index (χ0v) is 6.17. The third kappa shape index (κ3) is 1.83. The molecule has 1 aromatic heterocycles. The lowest BCUT2D eigenvalue weighted by atomic mass is 10.2. The van der Waals surface area contributed by atoms with Gasteiger partial charge in [0.2, 0.25) is 0 Å². The van der Waals surface area contributed by atoms with E-state index in [9.17, 15) is 9.18 Å². The van der Waals surface area contributed by atoms with Crippen LogP contribution in [0.25, 0.3) is 0 Å². The molecule has 0 spiro atoms. The second-order valence-corrected chi connectivity index (χ2v) is 2.17. The molecule has 0 aliphatic rings. The van der Waals surface area contributed by atoms with E-state index in [2.05, 4.69) is 4.98 Å². The van der Waals surface area contributed by atoms with Crippen LogP contribution < -0.4 is 0 Å². The zero-order valence-electron chi connectivity index (χ0n) is 6.17. The maximum absolute atomic E-state index is 12.6. The normalized spacial score (nSPS) is 9.64. The van der Waals surface area contributed by atoms with E-state index in [-0.39, 0.29) is 5.69 Å². The molecule has 0 saturated heterocycles. The van der Waals surface area contributed by atoms with Gasteiger partial charge < -0.3 is 0 Å². The van der Waals surface area contributed by atoms with Gasteiger partial charge in [-0.05, 0) is 12.5 Å². The molecular formula is C8H8FNO. The first-order valence-electron chi connectivity index (χ1n) is 3.38. The minimum absolute atomic E-state index is 0.154. The summed E-state index contributed by atoms with van der Waals surface area (Å²) in [4.78, 5) is 14.1. The molecular weight excluding hydrogens is 145 g/mol. The highest BCUT2D eigenvalue weighted by Gasteiger charge is 1.98. The first-order chi connectivity index (χ1) is 5.26. The Morgan fingerprint density at radius 1 is 1.64 bits per heavy atom. The molecule has 0 aliphatic carbocycles. The average Bonchev–Trinajstić information content (AvgIpc) is 2.03. The van der Waals surface area contributed by atoms with Crippen LogP contribution in [0.2, 0.25) is 0 Å². The fourth-order valence-electron chi connectivity index (χ4n) is 0.814. The Labute approximate surface area is 64.1 Å². The molecule has 0 N–H and O–H groups in total. The summed E-state index contributed by atoms with van der Waals surface area (Å²) in [6.45, 7) is 1.86. The molecule has 0 radical (unpaired) electrons. The van der Waals surface area contributed by atoms with E-state index in [0.717, 1.165) is 6.07 Å². The minimum atomic E-state index is -0.404. The summed E-state index contributed by atoms with van der Waals surface area (Å²) >= 11 is 0. The zero-order chi connectivity index (χ0) is 8.27. The van der Waals surface area contributed by atoms with Crippen LogP contribution in [0.5, 0.6) is 0 Å². The second kappa shape index (κ2) is 3.23. The number of halogens is 1. The van der Waals surface area contributed by atoms with E-state index >= 15 is 0 Å². The van der Waals surface area contributed by atoms with Gasteiger partial charge in [0.05, 0.1) is 0 Å². The van der Waals surface area contributed by atoms with Crippen molar-refractivity contribution in [1.82, 2.24) is 4.98 Å². The van der Waals surface area contributed by atoms with E-state index in [0.29, 0.717) is 18.4 Å². The fraction of sp³-hybridized carbons (Fsp3) is 0.250. The quantitative estimate of drug-likeness (QED) is 0.604. The molecule has 0 amide bonds. The van der Waals surface area contributed by atoms with Crippen molar-refractivity contribution in [3.05, 3.63) is 29.3 Å². The van der Waals surface area contributed by atoms with Crippen LogP contribution in [0, 0.1) is 5.82 Å². The maximum Gasteiger partial charge on any atom is 0.168 e. The number of hydrogen-bond acceptors (Lipinski definition) is 2. The predicted octanol–water partition coefficient (Wildman–Crippen LogP) is 1.60. The van der Waals surface area contributed by atoms with E-state index < -0.39 is 5.82 Å². The van der Waals surface area contributed by atoms with Crippen LogP contribution in [-0.2, 0) is 6.42 Å². The summed E-state index contributed by atoms with van der Waals surface area (Å²) in [5.41, 5.74) is 0.758. The highest BCUT2D eigenvalue weighted by Crippen LogP contribution is 2.03. The molecule has 1 heterocycles. The number of carbonyl (C=O) groups is 1. The SMILES string of the molecule is CCc1cc(F)cc(C=O)n1. The Morgan fingerprint density at radius 3 is 2.91 bits per heavy atom. The molecule has 0 aliphatic heterocycles. The van der Waals surface area contributed by atoms with Crippen LogP contribution in [-0.4, -0.2) is 11.3 Å². The molecule has 0 atom stereocenters. The number of aldehydes is 1. The topological polar surface area (TPSA) is 30.0 Å². The van der Waals surface area contributed by atoms with Gasteiger partial charge in [0.1, 0.15) is 11.5 Å². The lowest BCUT2D eigenvalue weighted by Crippen LogP contribution is -1.94. The van der Waals surface area contributed by atoms with Crippen LogP contribution in [0.4, 0.5) is 4.39 Å². The Hall–Kier alpha value is -1.25. The lowest BCUT2D eigenvalue weighted by Gasteiger charge is -1.96. The molecule has 1 rings (SSSR count). The smallest absolute Gasteiger partial charge is 0.168 e. The van der Waals surface area contributed by atoms with Crippen molar-refractivity contribution in [3.63, 3.8) is 0 Å². The van der Waals surface area contributed by atoms with E-state index in [1.807, 2.05) is 6.92 Å². The van der Waals surface area contributed by atoms with E-state index in [4.69, 9.17) is 0 Å². The van der Waals surface area contributed by atoms with Gasteiger partial charge in [0.25, 0.3) is 0 Å². The van der Waals surface area contributed by atoms with Crippen molar-refractivity contribution in [1.29, 1.82) is 0 Å².